The van der Waals surface area contributed by atoms with Gasteiger partial charge in [0.2, 0.25) is 0 Å². The van der Waals surface area contributed by atoms with E-state index >= 15 is 0 Å². The lowest BCUT2D eigenvalue weighted by Gasteiger charge is -2.09. The van der Waals surface area contributed by atoms with Gasteiger partial charge in [-0.1, -0.05) is 42.5 Å². The molecule has 0 heterocycles. The monoisotopic (exact) mass is 294 g/mol. The van der Waals surface area contributed by atoms with Gasteiger partial charge in [-0.15, -0.1) is 0 Å². The fraction of sp³-hybridized carbons (Fsp3) is 0.0526. The first-order valence-electron chi connectivity index (χ1n) is 6.97. The van der Waals surface area contributed by atoms with Crippen molar-refractivity contribution in [3.63, 3.8) is 0 Å². The summed E-state index contributed by atoms with van der Waals surface area (Å²) in [6, 6.07) is 21.2. The summed E-state index contributed by atoms with van der Waals surface area (Å²) < 4.78 is 19.2. The molecule has 110 valence electrons. The molecule has 0 aliphatic rings. The van der Waals surface area contributed by atoms with Crippen molar-refractivity contribution in [2.24, 2.45) is 0 Å². The zero-order valence-electron chi connectivity index (χ0n) is 11.9. The Bertz CT molecular complexity index is 749. The first-order valence-corrected chi connectivity index (χ1v) is 6.97. The van der Waals surface area contributed by atoms with Crippen LogP contribution in [0.4, 0.5) is 4.39 Å². The molecule has 0 spiro atoms. The summed E-state index contributed by atoms with van der Waals surface area (Å²) in [5.41, 5.74) is 2.49. The van der Waals surface area contributed by atoms with Crippen molar-refractivity contribution in [3.8, 4) is 22.6 Å². The van der Waals surface area contributed by atoms with E-state index in [2.05, 4.69) is 0 Å². The van der Waals surface area contributed by atoms with E-state index in [1.165, 1.54) is 12.1 Å². The number of hydrogen-bond donors (Lipinski definition) is 1. The first-order chi connectivity index (χ1) is 10.7. The number of phenolic OH excluding ortho intramolecular Hbond substituents is 1. The maximum absolute atomic E-state index is 13.4. The van der Waals surface area contributed by atoms with Gasteiger partial charge in [-0.05, 0) is 41.0 Å². The van der Waals surface area contributed by atoms with Crippen LogP contribution in [-0.4, -0.2) is 5.11 Å². The summed E-state index contributed by atoms with van der Waals surface area (Å²) in [5.74, 6) is 0.140. The third-order valence-corrected chi connectivity index (χ3v) is 3.30. The van der Waals surface area contributed by atoms with Crippen LogP contribution in [0.5, 0.6) is 11.5 Å². The average molecular weight is 294 g/mol. The molecule has 0 aliphatic carbocycles. The van der Waals surface area contributed by atoms with Crippen LogP contribution in [0, 0.1) is 5.82 Å². The molecule has 22 heavy (non-hydrogen) atoms. The van der Waals surface area contributed by atoms with Gasteiger partial charge in [0, 0.05) is 6.07 Å². The second-order valence-corrected chi connectivity index (χ2v) is 5.00. The molecule has 0 bridgehead atoms. The maximum atomic E-state index is 13.4. The molecule has 0 fully saturated rings. The van der Waals surface area contributed by atoms with E-state index in [-0.39, 0.29) is 5.75 Å². The Kier molecular flexibility index (Phi) is 4.05. The van der Waals surface area contributed by atoms with Gasteiger partial charge in [-0.25, -0.2) is 4.39 Å². The molecule has 3 rings (SSSR count). The largest absolute Gasteiger partial charge is 0.508 e. The molecule has 0 saturated carbocycles. The minimum absolute atomic E-state index is 0.0920. The maximum Gasteiger partial charge on any atom is 0.127 e. The number of phenols is 1. The lowest BCUT2D eigenvalue weighted by Crippen LogP contribution is -1.95. The van der Waals surface area contributed by atoms with Crippen LogP contribution in [0.1, 0.15) is 5.56 Å². The van der Waals surface area contributed by atoms with Crippen LogP contribution in [0.15, 0.2) is 72.8 Å². The van der Waals surface area contributed by atoms with Gasteiger partial charge in [-0.3, -0.25) is 0 Å². The van der Waals surface area contributed by atoms with Crippen molar-refractivity contribution in [1.29, 1.82) is 0 Å². The number of benzene rings is 3. The zero-order chi connectivity index (χ0) is 15.4. The second-order valence-electron chi connectivity index (χ2n) is 5.00. The summed E-state index contributed by atoms with van der Waals surface area (Å²) in [6.07, 6.45) is 0. The third-order valence-electron chi connectivity index (χ3n) is 3.30. The van der Waals surface area contributed by atoms with Gasteiger partial charge in [0.15, 0.2) is 0 Å². The highest BCUT2D eigenvalue weighted by molar-refractivity contribution is 5.66. The minimum Gasteiger partial charge on any atom is -0.508 e. The lowest BCUT2D eigenvalue weighted by molar-refractivity contribution is 0.306. The molecule has 0 unspecified atom stereocenters. The van der Waals surface area contributed by atoms with Crippen molar-refractivity contribution in [1.82, 2.24) is 0 Å². The summed E-state index contributed by atoms with van der Waals surface area (Å²) in [7, 11) is 0. The highest BCUT2D eigenvalue weighted by atomic mass is 19.1. The Morgan fingerprint density at radius 3 is 2.41 bits per heavy atom. The predicted octanol–water partition coefficient (Wildman–Crippen LogP) is 4.78. The molecule has 1 N–H and O–H groups in total. The van der Waals surface area contributed by atoms with Gasteiger partial charge in [0.05, 0.1) is 0 Å². The normalized spacial score (nSPS) is 10.4. The molecule has 0 saturated heterocycles. The van der Waals surface area contributed by atoms with Crippen LogP contribution in [0.25, 0.3) is 11.1 Å². The molecular formula is C19H15FO2. The highest BCUT2D eigenvalue weighted by Crippen LogP contribution is 2.28. The van der Waals surface area contributed by atoms with Gasteiger partial charge in [0.1, 0.15) is 23.9 Å². The molecule has 3 heteroatoms. The Morgan fingerprint density at radius 2 is 1.64 bits per heavy atom. The van der Waals surface area contributed by atoms with E-state index in [9.17, 15) is 9.50 Å². The van der Waals surface area contributed by atoms with Crippen molar-refractivity contribution in [2.75, 3.05) is 0 Å². The molecule has 0 amide bonds. The quantitative estimate of drug-likeness (QED) is 0.750. The summed E-state index contributed by atoms with van der Waals surface area (Å²) in [4.78, 5) is 0. The van der Waals surface area contributed by atoms with Crippen LogP contribution in [0.3, 0.4) is 0 Å². The van der Waals surface area contributed by atoms with Crippen molar-refractivity contribution in [2.45, 2.75) is 6.61 Å². The van der Waals surface area contributed by atoms with Crippen LogP contribution >= 0.6 is 0 Å². The predicted molar refractivity (Wildman–Crippen MR) is 84.3 cm³/mol. The number of ether oxygens (including phenoxy) is 1. The van der Waals surface area contributed by atoms with E-state index in [1.807, 2.05) is 54.6 Å². The van der Waals surface area contributed by atoms with Gasteiger partial charge < -0.3 is 9.84 Å². The Morgan fingerprint density at radius 1 is 0.818 bits per heavy atom. The summed E-state index contributed by atoms with van der Waals surface area (Å²) in [6.45, 7) is 0.471. The number of aromatic hydroxyl groups is 1. The lowest BCUT2D eigenvalue weighted by atomic mass is 10.1. The number of hydrogen-bond acceptors (Lipinski definition) is 2. The molecule has 0 radical (unpaired) electrons. The molecule has 0 aliphatic heterocycles. The summed E-state index contributed by atoms with van der Waals surface area (Å²) in [5, 5.41) is 9.51. The van der Waals surface area contributed by atoms with Gasteiger partial charge in [0.25, 0.3) is 0 Å². The van der Waals surface area contributed by atoms with Crippen LogP contribution < -0.4 is 4.74 Å². The topological polar surface area (TPSA) is 29.5 Å². The van der Waals surface area contributed by atoms with E-state index < -0.39 is 5.82 Å². The molecule has 3 aromatic carbocycles. The van der Waals surface area contributed by atoms with Crippen LogP contribution in [-0.2, 0) is 6.61 Å². The third kappa shape index (κ3) is 3.44. The molecule has 2 nitrogen and oxygen atoms in total. The van der Waals surface area contributed by atoms with E-state index in [4.69, 9.17) is 4.74 Å². The standard InChI is InChI=1S/C19H15FO2/c20-17-9-16(10-18(21)12-17)15-7-4-8-19(11-15)22-13-14-5-2-1-3-6-14/h1-12,21H,13H2. The number of halogens is 1. The Hall–Kier alpha value is -2.81. The SMILES string of the molecule is Oc1cc(F)cc(-c2cccc(OCc3ccccc3)c2)c1. The Labute approximate surface area is 128 Å². The van der Waals surface area contributed by atoms with E-state index in [1.54, 1.807) is 0 Å². The zero-order valence-corrected chi connectivity index (χ0v) is 11.9. The van der Waals surface area contributed by atoms with Crippen molar-refractivity contribution in [3.05, 3.63) is 84.2 Å². The highest BCUT2D eigenvalue weighted by Gasteiger charge is 2.04. The summed E-state index contributed by atoms with van der Waals surface area (Å²) >= 11 is 0. The minimum atomic E-state index is -0.467. The van der Waals surface area contributed by atoms with E-state index in [0.717, 1.165) is 17.2 Å². The molecular weight excluding hydrogens is 279 g/mol. The smallest absolute Gasteiger partial charge is 0.127 e. The number of rotatable bonds is 4. The molecule has 0 atom stereocenters. The molecule has 3 aromatic rings. The van der Waals surface area contributed by atoms with E-state index in [0.29, 0.717) is 17.9 Å². The van der Waals surface area contributed by atoms with Crippen molar-refractivity contribution >= 4 is 0 Å². The van der Waals surface area contributed by atoms with Crippen LogP contribution in [0.2, 0.25) is 0 Å². The fourth-order valence-corrected chi connectivity index (χ4v) is 2.25. The van der Waals surface area contributed by atoms with Crippen molar-refractivity contribution < 1.29 is 14.2 Å². The fourth-order valence-electron chi connectivity index (χ4n) is 2.25. The molecule has 0 aromatic heterocycles. The Balaban J connectivity index is 1.80. The van der Waals surface area contributed by atoms with Gasteiger partial charge in [-0.2, -0.15) is 0 Å². The average Bonchev–Trinajstić information content (AvgIpc) is 2.53. The first kappa shape index (κ1) is 14.1. The second kappa shape index (κ2) is 6.31. The van der Waals surface area contributed by atoms with Gasteiger partial charge >= 0.3 is 0 Å².